The van der Waals surface area contributed by atoms with Crippen molar-refractivity contribution < 1.29 is 14.3 Å². The topological polar surface area (TPSA) is 59.6 Å². The second-order valence-electron chi connectivity index (χ2n) is 5.68. The third kappa shape index (κ3) is 5.89. The molecule has 0 fully saturated rings. The first-order chi connectivity index (χ1) is 10.3. The molecule has 0 aliphatic rings. The normalized spacial score (nSPS) is 12.3. The molecule has 0 aromatic heterocycles. The van der Waals surface area contributed by atoms with E-state index in [1.807, 2.05) is 45.0 Å². The highest BCUT2D eigenvalue weighted by Gasteiger charge is 2.21. The number of nitrogens with one attached hydrogen (secondary N) is 2. The number of likely N-dealkylation sites (N-methyl/N-ethyl adjacent to an activating group) is 1. The third-order valence-corrected chi connectivity index (χ3v) is 3.09. The van der Waals surface area contributed by atoms with Gasteiger partial charge < -0.3 is 20.1 Å². The molecule has 122 valence electrons. The fourth-order valence-corrected chi connectivity index (χ4v) is 1.95. The van der Waals surface area contributed by atoms with Crippen LogP contribution in [-0.4, -0.2) is 25.7 Å². The fraction of sp³-hybridized carbons (Fsp3) is 0.438. The molecule has 0 atom stereocenters. The van der Waals surface area contributed by atoms with Crippen molar-refractivity contribution in [3.05, 3.63) is 40.6 Å². The number of thiol groups is 1. The summed E-state index contributed by atoms with van der Waals surface area (Å²) in [5.41, 5.74) is 0.794. The smallest absolute Gasteiger partial charge is 0.357 e. The van der Waals surface area contributed by atoms with E-state index in [2.05, 4.69) is 23.3 Å². The minimum atomic E-state index is -0.552. The molecule has 1 aromatic rings. The summed E-state index contributed by atoms with van der Waals surface area (Å²) in [6.45, 7) is 6.00. The Balaban J connectivity index is 2.73. The molecule has 0 heterocycles. The number of benzene rings is 1. The first-order valence-corrected chi connectivity index (χ1v) is 7.42. The van der Waals surface area contributed by atoms with Crippen LogP contribution < -0.4 is 15.4 Å². The van der Waals surface area contributed by atoms with Gasteiger partial charge in [-0.05, 0) is 38.5 Å². The van der Waals surface area contributed by atoms with E-state index in [4.69, 9.17) is 9.47 Å². The number of ether oxygens (including phenoxy) is 2. The summed E-state index contributed by atoms with van der Waals surface area (Å²) in [6, 6.07) is 7.65. The number of hydrogen-bond donors (Lipinski definition) is 3. The Morgan fingerprint density at radius 2 is 1.82 bits per heavy atom. The zero-order valence-corrected chi connectivity index (χ0v) is 14.6. The maximum absolute atomic E-state index is 12.1. The van der Waals surface area contributed by atoms with E-state index in [0.717, 1.165) is 11.3 Å². The number of carbonyl (C=O) groups excluding carboxylic acids is 1. The first-order valence-electron chi connectivity index (χ1n) is 6.98. The van der Waals surface area contributed by atoms with Gasteiger partial charge in [0.2, 0.25) is 0 Å². The molecular formula is C16H24N2O3S. The zero-order valence-electron chi connectivity index (χ0n) is 13.7. The molecule has 0 unspecified atom stereocenters. The van der Waals surface area contributed by atoms with Crippen molar-refractivity contribution in [3.8, 4) is 5.75 Å². The fourth-order valence-electron chi connectivity index (χ4n) is 1.66. The summed E-state index contributed by atoms with van der Waals surface area (Å²) in [5.74, 6) is 0.359. The molecule has 6 heteroatoms. The van der Waals surface area contributed by atoms with Crippen LogP contribution in [0.1, 0.15) is 26.3 Å². The van der Waals surface area contributed by atoms with E-state index >= 15 is 0 Å². The van der Waals surface area contributed by atoms with Gasteiger partial charge in [0.1, 0.15) is 11.4 Å². The minimum absolute atomic E-state index is 0.298. The van der Waals surface area contributed by atoms with Gasteiger partial charge >= 0.3 is 5.97 Å². The standard InChI is InChI=1S/C16H24N2O3S/c1-16(2,3)21-15(19)13(17-4)14(22)18-10-11-6-8-12(20-5)9-7-11/h6-9,17-18,22H,10H2,1-5H3/b14-13-. The van der Waals surface area contributed by atoms with E-state index in [0.29, 0.717) is 17.3 Å². The highest BCUT2D eigenvalue weighted by Crippen LogP contribution is 2.14. The number of esters is 1. The second-order valence-corrected chi connectivity index (χ2v) is 6.12. The summed E-state index contributed by atoms with van der Waals surface area (Å²) in [6.07, 6.45) is 0. The van der Waals surface area contributed by atoms with E-state index < -0.39 is 11.6 Å². The Hall–Kier alpha value is -1.82. The lowest BCUT2D eigenvalue weighted by atomic mass is 10.2. The van der Waals surface area contributed by atoms with Crippen LogP contribution >= 0.6 is 12.6 Å². The SMILES string of the molecule is CN/C(C(=O)OC(C)(C)C)=C(\S)NCc1ccc(OC)cc1. The quantitative estimate of drug-likeness (QED) is 0.426. The van der Waals surface area contributed by atoms with Crippen LogP contribution in [0, 0.1) is 0 Å². The lowest BCUT2D eigenvalue weighted by molar-refractivity contribution is -0.150. The van der Waals surface area contributed by atoms with Crippen LogP contribution in [0.3, 0.4) is 0 Å². The van der Waals surface area contributed by atoms with E-state index in [1.165, 1.54) is 0 Å². The van der Waals surface area contributed by atoms with Crippen molar-refractivity contribution >= 4 is 18.6 Å². The molecule has 0 aliphatic heterocycles. The molecule has 1 rings (SSSR count). The van der Waals surface area contributed by atoms with Gasteiger partial charge in [0.05, 0.1) is 12.1 Å². The molecule has 0 radical (unpaired) electrons. The van der Waals surface area contributed by atoms with Gasteiger partial charge in [-0.25, -0.2) is 4.79 Å². The van der Waals surface area contributed by atoms with Crippen LogP contribution in [0.15, 0.2) is 35.0 Å². The number of methoxy groups -OCH3 is 1. The molecule has 0 aliphatic carbocycles. The number of carbonyl (C=O) groups is 1. The van der Waals surface area contributed by atoms with Crippen molar-refractivity contribution in [1.82, 2.24) is 10.6 Å². The van der Waals surface area contributed by atoms with Crippen molar-refractivity contribution in [2.75, 3.05) is 14.2 Å². The van der Waals surface area contributed by atoms with Gasteiger partial charge in [-0.3, -0.25) is 0 Å². The Labute approximate surface area is 137 Å². The number of hydrogen-bond acceptors (Lipinski definition) is 6. The molecule has 0 saturated carbocycles. The third-order valence-electron chi connectivity index (χ3n) is 2.71. The van der Waals surface area contributed by atoms with Gasteiger partial charge in [0, 0.05) is 13.6 Å². The molecule has 5 nitrogen and oxygen atoms in total. The highest BCUT2D eigenvalue weighted by atomic mass is 32.1. The van der Waals surface area contributed by atoms with Crippen molar-refractivity contribution in [3.63, 3.8) is 0 Å². The molecule has 2 N–H and O–H groups in total. The van der Waals surface area contributed by atoms with Crippen LogP contribution in [0.2, 0.25) is 0 Å². The Bertz CT molecular complexity index is 533. The lowest BCUT2D eigenvalue weighted by Gasteiger charge is -2.21. The molecule has 0 saturated heterocycles. The molecular weight excluding hydrogens is 300 g/mol. The van der Waals surface area contributed by atoms with Gasteiger partial charge in [-0.2, -0.15) is 0 Å². The average molecular weight is 324 g/mol. The van der Waals surface area contributed by atoms with Gasteiger partial charge in [0.25, 0.3) is 0 Å². The average Bonchev–Trinajstić information content (AvgIpc) is 2.44. The molecule has 22 heavy (non-hydrogen) atoms. The summed E-state index contributed by atoms with van der Waals surface area (Å²) in [5, 5.41) is 6.36. The summed E-state index contributed by atoms with van der Waals surface area (Å²) >= 11 is 4.34. The van der Waals surface area contributed by atoms with Crippen LogP contribution in [0.25, 0.3) is 0 Å². The Kier molecular flexibility index (Phi) is 6.61. The minimum Gasteiger partial charge on any atom is -0.497 e. The second kappa shape index (κ2) is 7.98. The van der Waals surface area contributed by atoms with Gasteiger partial charge in [-0.1, -0.05) is 12.1 Å². The zero-order chi connectivity index (χ0) is 16.8. The Morgan fingerprint density at radius 1 is 1.23 bits per heavy atom. The van der Waals surface area contributed by atoms with Gasteiger partial charge in [0.15, 0.2) is 5.70 Å². The molecule has 0 amide bonds. The monoisotopic (exact) mass is 324 g/mol. The maximum atomic E-state index is 12.1. The van der Waals surface area contributed by atoms with Crippen molar-refractivity contribution in [1.29, 1.82) is 0 Å². The molecule has 1 aromatic carbocycles. The number of rotatable bonds is 6. The first kappa shape index (κ1) is 18.2. The largest absolute Gasteiger partial charge is 0.497 e. The van der Waals surface area contributed by atoms with E-state index in [9.17, 15) is 4.79 Å². The summed E-state index contributed by atoms with van der Waals surface area (Å²) < 4.78 is 10.4. The molecule has 0 spiro atoms. The van der Waals surface area contributed by atoms with Crippen molar-refractivity contribution in [2.24, 2.45) is 0 Å². The van der Waals surface area contributed by atoms with Crippen molar-refractivity contribution in [2.45, 2.75) is 32.9 Å². The predicted octanol–water partition coefficient (Wildman–Crippen LogP) is 2.44. The van der Waals surface area contributed by atoms with E-state index in [1.54, 1.807) is 14.2 Å². The van der Waals surface area contributed by atoms with Gasteiger partial charge in [-0.15, -0.1) is 12.6 Å². The highest BCUT2D eigenvalue weighted by molar-refractivity contribution is 7.84. The van der Waals surface area contributed by atoms with Crippen LogP contribution in [0.4, 0.5) is 0 Å². The van der Waals surface area contributed by atoms with E-state index in [-0.39, 0.29) is 0 Å². The Morgan fingerprint density at radius 3 is 2.27 bits per heavy atom. The lowest BCUT2D eigenvalue weighted by Crippen LogP contribution is -2.31. The maximum Gasteiger partial charge on any atom is 0.357 e. The summed E-state index contributed by atoms with van der Waals surface area (Å²) in [4.78, 5) is 12.1. The summed E-state index contributed by atoms with van der Waals surface area (Å²) in [7, 11) is 3.28. The van der Waals surface area contributed by atoms with Crippen LogP contribution in [-0.2, 0) is 16.1 Å². The predicted molar refractivity (Wildman–Crippen MR) is 90.8 cm³/mol. The van der Waals surface area contributed by atoms with Crippen LogP contribution in [0.5, 0.6) is 5.75 Å². The molecule has 0 bridgehead atoms.